The molecular weight excluding hydrogens is 314 g/mol. The van der Waals surface area contributed by atoms with Crippen molar-refractivity contribution in [1.82, 2.24) is 10.6 Å². The highest BCUT2D eigenvalue weighted by Gasteiger charge is 2.11. The summed E-state index contributed by atoms with van der Waals surface area (Å²) < 4.78 is 0. The van der Waals surface area contributed by atoms with Crippen LogP contribution in [0.1, 0.15) is 49.9 Å². The van der Waals surface area contributed by atoms with Crippen LogP contribution in [0.5, 0.6) is 0 Å². The molecule has 1 atom stereocenters. The number of anilines is 1. The van der Waals surface area contributed by atoms with Crippen LogP contribution in [0.15, 0.2) is 18.2 Å². The molecule has 0 aliphatic rings. The lowest BCUT2D eigenvalue weighted by Gasteiger charge is -2.16. The fourth-order valence-electron chi connectivity index (χ4n) is 2.27. The SMILES string of the molecule is CCCCC(CC)CNC(=O)Nc1ccc(C(=O)NC)c(Cl)c1. The number of urea groups is 1. The van der Waals surface area contributed by atoms with Crippen LogP contribution in [0.4, 0.5) is 10.5 Å². The minimum Gasteiger partial charge on any atom is -0.355 e. The van der Waals surface area contributed by atoms with Gasteiger partial charge in [-0.15, -0.1) is 0 Å². The first-order valence-electron chi connectivity index (χ1n) is 8.08. The molecule has 1 aromatic carbocycles. The highest BCUT2D eigenvalue weighted by atomic mass is 35.5. The number of carbonyl (C=O) groups excluding carboxylic acids is 2. The summed E-state index contributed by atoms with van der Waals surface area (Å²) in [7, 11) is 1.54. The maximum absolute atomic E-state index is 11.9. The fourth-order valence-corrected chi connectivity index (χ4v) is 2.53. The molecule has 23 heavy (non-hydrogen) atoms. The zero-order valence-electron chi connectivity index (χ0n) is 14.0. The molecular formula is C17H26ClN3O2. The molecule has 0 saturated carbocycles. The van der Waals surface area contributed by atoms with Crippen molar-refractivity contribution in [1.29, 1.82) is 0 Å². The molecule has 128 valence electrons. The number of halogens is 1. The van der Waals surface area contributed by atoms with Crippen LogP contribution >= 0.6 is 11.6 Å². The standard InChI is InChI=1S/C17H26ClN3O2/c1-4-6-7-12(5-2)11-20-17(23)21-13-8-9-14(15(18)10-13)16(22)19-3/h8-10,12H,4-7,11H2,1-3H3,(H,19,22)(H2,20,21,23). The Kier molecular flexibility index (Phi) is 8.48. The summed E-state index contributed by atoms with van der Waals surface area (Å²) in [4.78, 5) is 23.5. The van der Waals surface area contributed by atoms with E-state index in [1.807, 2.05) is 0 Å². The van der Waals surface area contributed by atoms with Gasteiger partial charge in [-0.05, 0) is 30.5 Å². The summed E-state index contributed by atoms with van der Waals surface area (Å²) in [6, 6.07) is 4.56. The summed E-state index contributed by atoms with van der Waals surface area (Å²) in [5.74, 6) is 0.243. The average Bonchev–Trinajstić information content (AvgIpc) is 2.54. The van der Waals surface area contributed by atoms with E-state index in [1.54, 1.807) is 25.2 Å². The second kappa shape index (κ2) is 10.1. The molecule has 0 bridgehead atoms. The van der Waals surface area contributed by atoms with Crippen molar-refractivity contribution in [2.24, 2.45) is 5.92 Å². The van der Waals surface area contributed by atoms with Crippen molar-refractivity contribution in [3.05, 3.63) is 28.8 Å². The third-order valence-corrected chi connectivity index (χ3v) is 4.11. The molecule has 1 aromatic rings. The van der Waals surface area contributed by atoms with Crippen LogP contribution in [0.25, 0.3) is 0 Å². The third kappa shape index (κ3) is 6.48. The Balaban J connectivity index is 2.54. The van der Waals surface area contributed by atoms with Gasteiger partial charge in [-0.25, -0.2) is 4.79 Å². The Labute approximate surface area is 143 Å². The van der Waals surface area contributed by atoms with Crippen molar-refractivity contribution in [3.8, 4) is 0 Å². The van der Waals surface area contributed by atoms with Gasteiger partial charge in [-0.2, -0.15) is 0 Å². The molecule has 0 spiro atoms. The van der Waals surface area contributed by atoms with Gasteiger partial charge in [0.25, 0.3) is 5.91 Å². The van der Waals surface area contributed by atoms with Gasteiger partial charge in [0.15, 0.2) is 0 Å². The fraction of sp³-hybridized carbons (Fsp3) is 0.529. The highest BCUT2D eigenvalue weighted by molar-refractivity contribution is 6.34. The largest absolute Gasteiger partial charge is 0.355 e. The smallest absolute Gasteiger partial charge is 0.319 e. The number of unbranched alkanes of at least 4 members (excludes halogenated alkanes) is 1. The number of carbonyl (C=O) groups is 2. The van der Waals surface area contributed by atoms with Crippen molar-refractivity contribution in [2.45, 2.75) is 39.5 Å². The first-order chi connectivity index (χ1) is 11.0. The molecule has 0 aromatic heterocycles. The summed E-state index contributed by atoms with van der Waals surface area (Å²) >= 11 is 6.06. The van der Waals surface area contributed by atoms with E-state index in [0.717, 1.165) is 12.8 Å². The summed E-state index contributed by atoms with van der Waals surface area (Å²) in [5, 5.41) is 8.44. The first kappa shape index (κ1) is 19.3. The molecule has 0 saturated heterocycles. The molecule has 3 N–H and O–H groups in total. The first-order valence-corrected chi connectivity index (χ1v) is 8.46. The van der Waals surface area contributed by atoms with E-state index < -0.39 is 0 Å². The zero-order chi connectivity index (χ0) is 17.2. The van der Waals surface area contributed by atoms with Crippen LogP contribution in [0.2, 0.25) is 5.02 Å². The van der Waals surface area contributed by atoms with Gasteiger partial charge in [0.2, 0.25) is 0 Å². The molecule has 0 fully saturated rings. The molecule has 0 heterocycles. The van der Waals surface area contributed by atoms with Gasteiger partial charge < -0.3 is 16.0 Å². The Morgan fingerprint density at radius 1 is 1.26 bits per heavy atom. The normalized spacial score (nSPS) is 11.7. The lowest BCUT2D eigenvalue weighted by atomic mass is 9.99. The summed E-state index contributed by atoms with van der Waals surface area (Å²) in [6.07, 6.45) is 4.52. The topological polar surface area (TPSA) is 70.2 Å². The Bertz CT molecular complexity index is 535. The van der Waals surface area contributed by atoms with Crippen molar-refractivity contribution < 1.29 is 9.59 Å². The molecule has 0 radical (unpaired) electrons. The molecule has 5 nitrogen and oxygen atoms in total. The van der Waals surface area contributed by atoms with E-state index in [2.05, 4.69) is 29.8 Å². The lowest BCUT2D eigenvalue weighted by Crippen LogP contribution is -2.33. The number of amides is 3. The van der Waals surface area contributed by atoms with Gasteiger partial charge >= 0.3 is 6.03 Å². The quantitative estimate of drug-likeness (QED) is 0.669. The third-order valence-electron chi connectivity index (χ3n) is 3.79. The van der Waals surface area contributed by atoms with Crippen molar-refractivity contribution >= 4 is 29.2 Å². The predicted molar refractivity (Wildman–Crippen MR) is 95.2 cm³/mol. The van der Waals surface area contributed by atoms with Crippen LogP contribution < -0.4 is 16.0 Å². The van der Waals surface area contributed by atoms with Gasteiger partial charge in [0.1, 0.15) is 0 Å². The number of hydrogen-bond acceptors (Lipinski definition) is 2. The molecule has 1 rings (SSSR count). The van der Waals surface area contributed by atoms with Crippen LogP contribution in [0, 0.1) is 5.92 Å². The van der Waals surface area contributed by atoms with E-state index in [0.29, 0.717) is 28.7 Å². The predicted octanol–water partition coefficient (Wildman–Crippen LogP) is 4.04. The van der Waals surface area contributed by atoms with Crippen LogP contribution in [-0.2, 0) is 0 Å². The van der Waals surface area contributed by atoms with Crippen molar-refractivity contribution in [3.63, 3.8) is 0 Å². The number of benzene rings is 1. The number of hydrogen-bond donors (Lipinski definition) is 3. The van der Waals surface area contributed by atoms with E-state index in [1.165, 1.54) is 12.8 Å². The van der Waals surface area contributed by atoms with E-state index in [4.69, 9.17) is 11.6 Å². The number of rotatable bonds is 8. The zero-order valence-corrected chi connectivity index (χ0v) is 14.8. The lowest BCUT2D eigenvalue weighted by molar-refractivity contribution is 0.0963. The maximum Gasteiger partial charge on any atom is 0.319 e. The summed E-state index contributed by atoms with van der Waals surface area (Å²) in [6.45, 7) is 4.96. The Hall–Kier alpha value is -1.75. The van der Waals surface area contributed by atoms with Gasteiger partial charge in [0.05, 0.1) is 10.6 Å². The molecule has 0 aliphatic carbocycles. The van der Waals surface area contributed by atoms with E-state index >= 15 is 0 Å². The minimum absolute atomic E-state index is 0.257. The second-order valence-electron chi connectivity index (χ2n) is 5.53. The number of nitrogens with one attached hydrogen (secondary N) is 3. The van der Waals surface area contributed by atoms with Crippen molar-refractivity contribution in [2.75, 3.05) is 18.9 Å². The minimum atomic E-state index is -0.260. The molecule has 6 heteroatoms. The average molecular weight is 340 g/mol. The van der Waals surface area contributed by atoms with Crippen LogP contribution in [0.3, 0.4) is 0 Å². The molecule has 3 amide bonds. The van der Waals surface area contributed by atoms with Gasteiger partial charge in [0, 0.05) is 19.3 Å². The monoisotopic (exact) mass is 339 g/mol. The van der Waals surface area contributed by atoms with Gasteiger partial charge in [-0.1, -0.05) is 44.7 Å². The highest BCUT2D eigenvalue weighted by Crippen LogP contribution is 2.21. The van der Waals surface area contributed by atoms with E-state index in [-0.39, 0.29) is 11.9 Å². The molecule has 1 unspecified atom stereocenters. The van der Waals surface area contributed by atoms with Crippen LogP contribution in [-0.4, -0.2) is 25.5 Å². The Morgan fingerprint density at radius 2 is 2.00 bits per heavy atom. The Morgan fingerprint density at radius 3 is 2.57 bits per heavy atom. The second-order valence-corrected chi connectivity index (χ2v) is 5.93. The summed E-state index contributed by atoms with van der Waals surface area (Å²) in [5.41, 5.74) is 0.937. The van der Waals surface area contributed by atoms with Gasteiger partial charge in [-0.3, -0.25) is 4.79 Å². The molecule has 0 aliphatic heterocycles. The maximum atomic E-state index is 11.9. The van der Waals surface area contributed by atoms with E-state index in [9.17, 15) is 9.59 Å².